The Morgan fingerprint density at radius 3 is 2.71 bits per heavy atom. The number of methoxy groups -OCH3 is 1. The standard InChI is InChI=1S/C22H23N3O2.ClH/c1-16-5-3-6-18(13-16)23-21(26)15-24-14-20(25-12-4-7-22(24)25)17-8-10-19(27-2)11-9-17;/h3,5-6,8-11,13-14H,4,7,12,15H2,1-2H3;1H. The quantitative estimate of drug-likeness (QED) is 0.631. The zero-order valence-electron chi connectivity index (χ0n) is 16.1. The number of rotatable bonds is 5. The predicted octanol–water partition coefficient (Wildman–Crippen LogP) is 0.349. The third-order valence-electron chi connectivity index (χ3n) is 5.00. The van der Waals surface area contributed by atoms with E-state index in [1.54, 1.807) is 7.11 Å². The van der Waals surface area contributed by atoms with Crippen molar-refractivity contribution in [3.63, 3.8) is 0 Å². The molecule has 1 aliphatic rings. The average Bonchev–Trinajstić information content (AvgIpc) is 3.26. The molecule has 28 heavy (non-hydrogen) atoms. The number of anilines is 1. The first-order valence-electron chi connectivity index (χ1n) is 9.27. The van der Waals surface area contributed by atoms with Gasteiger partial charge >= 0.3 is 0 Å². The number of amides is 1. The zero-order chi connectivity index (χ0) is 18.8. The Bertz CT molecular complexity index is 980. The lowest BCUT2D eigenvalue weighted by molar-refractivity contribution is -0.690. The van der Waals surface area contributed by atoms with Gasteiger partial charge in [0.25, 0.3) is 11.7 Å². The molecule has 1 N–H and O–H groups in total. The van der Waals surface area contributed by atoms with Crippen molar-refractivity contribution in [2.75, 3.05) is 12.4 Å². The molecule has 5 nitrogen and oxygen atoms in total. The first-order valence-corrected chi connectivity index (χ1v) is 9.27. The van der Waals surface area contributed by atoms with Crippen LogP contribution >= 0.6 is 0 Å². The second-order valence-electron chi connectivity index (χ2n) is 6.96. The fraction of sp³-hybridized carbons (Fsp3) is 0.273. The highest BCUT2D eigenvalue weighted by atomic mass is 35.5. The van der Waals surface area contributed by atoms with Crippen LogP contribution in [0.4, 0.5) is 5.69 Å². The summed E-state index contributed by atoms with van der Waals surface area (Å²) in [6.07, 6.45) is 4.19. The van der Waals surface area contributed by atoms with E-state index in [0.717, 1.165) is 47.6 Å². The molecule has 1 aromatic heterocycles. The van der Waals surface area contributed by atoms with Crippen LogP contribution in [0.5, 0.6) is 5.75 Å². The number of imidazole rings is 1. The number of benzene rings is 2. The number of ether oxygens (including phenoxy) is 1. The van der Waals surface area contributed by atoms with Gasteiger partial charge in [-0.05, 0) is 55.3 Å². The second-order valence-corrected chi connectivity index (χ2v) is 6.96. The summed E-state index contributed by atoms with van der Waals surface area (Å²) < 4.78 is 9.66. The van der Waals surface area contributed by atoms with Crippen molar-refractivity contribution in [3.05, 3.63) is 66.1 Å². The van der Waals surface area contributed by atoms with Gasteiger partial charge in [-0.3, -0.25) is 4.79 Å². The average molecular weight is 398 g/mol. The summed E-state index contributed by atoms with van der Waals surface area (Å²) in [5.74, 6) is 2.05. The molecule has 2 heterocycles. The predicted molar refractivity (Wildman–Crippen MR) is 105 cm³/mol. The SMILES string of the molecule is COc1ccc(-c2c[n+](CC(=O)Nc3cccc(C)c3)c3n2CCC3)cc1.[Cl-]. The summed E-state index contributed by atoms with van der Waals surface area (Å²) >= 11 is 0. The van der Waals surface area contributed by atoms with Crippen LogP contribution in [-0.2, 0) is 24.3 Å². The monoisotopic (exact) mass is 397 g/mol. The first-order chi connectivity index (χ1) is 13.1. The third-order valence-corrected chi connectivity index (χ3v) is 5.00. The van der Waals surface area contributed by atoms with E-state index in [-0.39, 0.29) is 18.3 Å². The van der Waals surface area contributed by atoms with Crippen molar-refractivity contribution in [2.45, 2.75) is 32.9 Å². The van der Waals surface area contributed by atoms with Crippen molar-refractivity contribution >= 4 is 11.6 Å². The maximum atomic E-state index is 12.6. The normalized spacial score (nSPS) is 12.2. The number of hydrogen-bond donors (Lipinski definition) is 1. The Hall–Kier alpha value is -2.79. The fourth-order valence-corrected chi connectivity index (χ4v) is 3.72. The molecule has 0 spiro atoms. The molecule has 0 unspecified atom stereocenters. The number of halogens is 1. The lowest BCUT2D eigenvalue weighted by atomic mass is 10.1. The minimum atomic E-state index is -0.00724. The minimum Gasteiger partial charge on any atom is -1.00 e. The van der Waals surface area contributed by atoms with Gasteiger partial charge in [-0.1, -0.05) is 12.1 Å². The van der Waals surface area contributed by atoms with Crippen LogP contribution in [0.2, 0.25) is 0 Å². The van der Waals surface area contributed by atoms with Crippen LogP contribution < -0.4 is 27.0 Å². The Morgan fingerprint density at radius 1 is 1.21 bits per heavy atom. The number of carbonyl (C=O) groups is 1. The van der Waals surface area contributed by atoms with Crippen LogP contribution in [0.3, 0.4) is 0 Å². The van der Waals surface area contributed by atoms with E-state index in [9.17, 15) is 4.79 Å². The molecule has 1 amide bonds. The highest BCUT2D eigenvalue weighted by Gasteiger charge is 2.29. The van der Waals surface area contributed by atoms with Gasteiger partial charge in [0.2, 0.25) is 0 Å². The molecule has 4 rings (SSSR count). The van der Waals surface area contributed by atoms with Gasteiger partial charge in [0, 0.05) is 11.3 Å². The van der Waals surface area contributed by atoms with E-state index in [1.165, 1.54) is 5.82 Å². The van der Waals surface area contributed by atoms with Gasteiger partial charge in [-0.2, -0.15) is 0 Å². The molecule has 0 fully saturated rings. The molecule has 0 atom stereocenters. The smallest absolute Gasteiger partial charge is 0.266 e. The molecular weight excluding hydrogens is 374 g/mol. The minimum absolute atomic E-state index is 0. The molecule has 3 aromatic rings. The van der Waals surface area contributed by atoms with Gasteiger partial charge in [0.15, 0.2) is 12.2 Å². The molecular formula is C22H24ClN3O2. The van der Waals surface area contributed by atoms with E-state index in [4.69, 9.17) is 4.74 Å². The van der Waals surface area contributed by atoms with Crippen LogP contribution in [0, 0.1) is 6.92 Å². The summed E-state index contributed by atoms with van der Waals surface area (Å²) in [6.45, 7) is 3.33. The molecule has 0 saturated heterocycles. The third kappa shape index (κ3) is 4.04. The van der Waals surface area contributed by atoms with Crippen LogP contribution in [0.1, 0.15) is 17.8 Å². The van der Waals surface area contributed by atoms with Crippen molar-refractivity contribution in [2.24, 2.45) is 0 Å². The Labute approximate surface area is 171 Å². The van der Waals surface area contributed by atoms with E-state index in [2.05, 4.69) is 32.8 Å². The largest absolute Gasteiger partial charge is 1.00 e. The number of hydrogen-bond acceptors (Lipinski definition) is 2. The Kier molecular flexibility index (Phi) is 6.05. The summed E-state index contributed by atoms with van der Waals surface area (Å²) in [6, 6.07) is 16.0. The maximum absolute atomic E-state index is 12.6. The van der Waals surface area contributed by atoms with E-state index >= 15 is 0 Å². The molecule has 0 radical (unpaired) electrons. The zero-order valence-corrected chi connectivity index (χ0v) is 16.9. The first kappa shape index (κ1) is 20.0. The molecule has 2 aromatic carbocycles. The molecule has 0 bridgehead atoms. The molecule has 1 aliphatic heterocycles. The van der Waals surface area contributed by atoms with Crippen molar-refractivity contribution in [1.82, 2.24) is 4.57 Å². The topological polar surface area (TPSA) is 47.1 Å². The van der Waals surface area contributed by atoms with Gasteiger partial charge in [-0.15, -0.1) is 0 Å². The number of carbonyl (C=O) groups excluding carboxylic acids is 1. The van der Waals surface area contributed by atoms with Crippen molar-refractivity contribution in [1.29, 1.82) is 0 Å². The van der Waals surface area contributed by atoms with Gasteiger partial charge < -0.3 is 22.5 Å². The van der Waals surface area contributed by atoms with Crippen molar-refractivity contribution in [3.8, 4) is 17.0 Å². The Morgan fingerprint density at radius 2 is 2.00 bits per heavy atom. The fourth-order valence-electron chi connectivity index (χ4n) is 3.72. The van der Waals surface area contributed by atoms with Crippen molar-refractivity contribution < 1.29 is 26.5 Å². The number of fused-ring (bicyclic) bond motifs is 1. The maximum Gasteiger partial charge on any atom is 0.266 e. The lowest BCUT2D eigenvalue weighted by Crippen LogP contribution is -3.00. The van der Waals surface area contributed by atoms with E-state index in [0.29, 0.717) is 6.54 Å². The Balaban J connectivity index is 0.00000225. The lowest BCUT2D eigenvalue weighted by Gasteiger charge is -2.05. The van der Waals surface area contributed by atoms with Gasteiger partial charge in [-0.25, -0.2) is 9.13 Å². The molecule has 0 saturated carbocycles. The highest BCUT2D eigenvalue weighted by Crippen LogP contribution is 2.26. The molecule has 146 valence electrons. The van der Waals surface area contributed by atoms with Crippen LogP contribution in [0.25, 0.3) is 11.3 Å². The summed E-state index contributed by atoms with van der Waals surface area (Å²) in [4.78, 5) is 12.6. The summed E-state index contributed by atoms with van der Waals surface area (Å²) in [5, 5.41) is 3.00. The van der Waals surface area contributed by atoms with Gasteiger partial charge in [0.05, 0.1) is 20.1 Å². The van der Waals surface area contributed by atoms with Gasteiger partial charge in [0.1, 0.15) is 11.9 Å². The number of nitrogens with zero attached hydrogens (tertiary/aromatic N) is 2. The second kappa shape index (κ2) is 8.48. The van der Waals surface area contributed by atoms with Crippen LogP contribution in [0.15, 0.2) is 54.7 Å². The summed E-state index contributed by atoms with van der Waals surface area (Å²) in [7, 11) is 1.67. The summed E-state index contributed by atoms with van der Waals surface area (Å²) in [5.41, 5.74) is 4.25. The number of aryl methyl sites for hydroxylation is 1. The number of aromatic nitrogens is 2. The molecule has 6 heteroatoms. The highest BCUT2D eigenvalue weighted by molar-refractivity contribution is 5.89. The van der Waals surface area contributed by atoms with E-state index in [1.807, 2.05) is 43.3 Å². The van der Waals surface area contributed by atoms with E-state index < -0.39 is 0 Å². The van der Waals surface area contributed by atoms with Crippen LogP contribution in [-0.4, -0.2) is 17.6 Å². The molecule has 0 aliphatic carbocycles. The number of nitrogens with one attached hydrogen (secondary N) is 1.